The predicted molar refractivity (Wildman–Crippen MR) is 73.8 cm³/mol. The van der Waals surface area contributed by atoms with E-state index in [9.17, 15) is 5.11 Å². The first kappa shape index (κ1) is 13.8. The van der Waals surface area contributed by atoms with Gasteiger partial charge in [0, 0.05) is 25.7 Å². The number of rotatable bonds is 6. The molecule has 2 aromatic rings. The van der Waals surface area contributed by atoms with E-state index in [0.29, 0.717) is 6.42 Å². The largest absolute Gasteiger partial charge is 0.386 e. The zero-order valence-electron chi connectivity index (χ0n) is 11.9. The fourth-order valence-electron chi connectivity index (χ4n) is 2.27. The van der Waals surface area contributed by atoms with Gasteiger partial charge in [-0.15, -0.1) is 0 Å². The van der Waals surface area contributed by atoms with Crippen molar-refractivity contribution in [2.24, 2.45) is 7.05 Å². The molecule has 0 aliphatic carbocycles. The molecule has 2 aromatic heterocycles. The third-order valence-corrected chi connectivity index (χ3v) is 3.34. The van der Waals surface area contributed by atoms with E-state index in [1.54, 1.807) is 12.5 Å². The number of hydrogen-bond acceptors (Lipinski definition) is 3. The summed E-state index contributed by atoms with van der Waals surface area (Å²) in [4.78, 5) is 4.13. The van der Waals surface area contributed by atoms with Crippen molar-refractivity contribution in [3.05, 3.63) is 35.7 Å². The lowest BCUT2D eigenvalue weighted by Crippen LogP contribution is -2.11. The van der Waals surface area contributed by atoms with Crippen molar-refractivity contribution in [1.82, 2.24) is 19.3 Å². The number of aromatic nitrogens is 4. The van der Waals surface area contributed by atoms with Crippen molar-refractivity contribution >= 4 is 0 Å². The zero-order valence-corrected chi connectivity index (χ0v) is 11.9. The zero-order chi connectivity index (χ0) is 13.8. The Kier molecular flexibility index (Phi) is 4.37. The topological polar surface area (TPSA) is 55.9 Å². The van der Waals surface area contributed by atoms with Crippen LogP contribution in [0.15, 0.2) is 18.6 Å². The average Bonchev–Trinajstić information content (AvgIpc) is 2.97. The highest BCUT2D eigenvalue weighted by atomic mass is 16.3. The van der Waals surface area contributed by atoms with Gasteiger partial charge in [0.15, 0.2) is 0 Å². The van der Waals surface area contributed by atoms with Crippen LogP contribution in [0.2, 0.25) is 0 Å². The van der Waals surface area contributed by atoms with Crippen LogP contribution in [0.25, 0.3) is 0 Å². The quantitative estimate of drug-likeness (QED) is 0.864. The Labute approximate surface area is 113 Å². The molecular formula is C14H22N4O. The molecule has 5 heteroatoms. The van der Waals surface area contributed by atoms with E-state index < -0.39 is 6.10 Å². The van der Waals surface area contributed by atoms with Crippen LogP contribution in [0.4, 0.5) is 0 Å². The summed E-state index contributed by atoms with van der Waals surface area (Å²) in [5.41, 5.74) is 2.99. The van der Waals surface area contributed by atoms with Crippen LogP contribution in [0, 0.1) is 0 Å². The van der Waals surface area contributed by atoms with Crippen molar-refractivity contribution < 1.29 is 5.11 Å². The molecule has 0 amide bonds. The third kappa shape index (κ3) is 3.04. The van der Waals surface area contributed by atoms with Crippen LogP contribution in [0.3, 0.4) is 0 Å². The molecule has 5 nitrogen and oxygen atoms in total. The molecule has 0 aromatic carbocycles. The predicted octanol–water partition coefficient (Wildman–Crippen LogP) is 1.87. The van der Waals surface area contributed by atoms with Crippen molar-refractivity contribution in [2.75, 3.05) is 0 Å². The van der Waals surface area contributed by atoms with Gasteiger partial charge in [-0.1, -0.05) is 13.8 Å². The number of aliphatic hydroxyl groups is 1. The molecule has 0 spiro atoms. The normalized spacial score (nSPS) is 12.8. The second kappa shape index (κ2) is 6.02. The van der Waals surface area contributed by atoms with Crippen molar-refractivity contribution in [1.29, 1.82) is 0 Å². The molecule has 1 N–H and O–H groups in total. The second-order valence-electron chi connectivity index (χ2n) is 4.84. The van der Waals surface area contributed by atoms with Gasteiger partial charge in [0.1, 0.15) is 6.10 Å². The van der Waals surface area contributed by atoms with E-state index in [4.69, 9.17) is 0 Å². The first-order valence-electron chi connectivity index (χ1n) is 6.85. The van der Waals surface area contributed by atoms with Gasteiger partial charge in [0.2, 0.25) is 0 Å². The minimum atomic E-state index is -0.533. The van der Waals surface area contributed by atoms with Crippen LogP contribution in [-0.4, -0.2) is 24.4 Å². The molecule has 0 bridgehead atoms. The van der Waals surface area contributed by atoms with Crippen molar-refractivity contribution in [3.8, 4) is 0 Å². The molecule has 1 unspecified atom stereocenters. The van der Waals surface area contributed by atoms with Crippen molar-refractivity contribution in [2.45, 2.75) is 45.8 Å². The molecule has 2 rings (SSSR count). The van der Waals surface area contributed by atoms with E-state index in [2.05, 4.69) is 30.0 Å². The molecule has 0 aliphatic heterocycles. The Hall–Kier alpha value is -1.62. The molecule has 0 fully saturated rings. The smallest absolute Gasteiger partial charge is 0.101 e. The van der Waals surface area contributed by atoms with E-state index in [1.165, 1.54) is 0 Å². The molecule has 2 heterocycles. The minimum Gasteiger partial charge on any atom is -0.386 e. The van der Waals surface area contributed by atoms with E-state index >= 15 is 0 Å². The van der Waals surface area contributed by atoms with Gasteiger partial charge in [-0.25, -0.2) is 4.98 Å². The Bertz CT molecular complexity index is 529. The molecule has 1 atom stereocenters. The molecule has 0 aliphatic rings. The monoisotopic (exact) mass is 262 g/mol. The van der Waals surface area contributed by atoms with E-state index in [0.717, 1.165) is 36.5 Å². The molecule has 104 valence electrons. The summed E-state index contributed by atoms with van der Waals surface area (Å²) in [7, 11) is 1.92. The summed E-state index contributed by atoms with van der Waals surface area (Å²) in [5, 5.41) is 14.8. The van der Waals surface area contributed by atoms with Crippen LogP contribution in [0.1, 0.15) is 43.5 Å². The maximum atomic E-state index is 10.4. The highest BCUT2D eigenvalue weighted by Crippen LogP contribution is 2.19. The summed E-state index contributed by atoms with van der Waals surface area (Å²) in [5.74, 6) is 0. The second-order valence-corrected chi connectivity index (χ2v) is 4.84. The lowest BCUT2D eigenvalue weighted by atomic mass is 10.1. The van der Waals surface area contributed by atoms with Gasteiger partial charge in [-0.2, -0.15) is 5.10 Å². The van der Waals surface area contributed by atoms with Gasteiger partial charge in [0.05, 0.1) is 23.9 Å². The highest BCUT2D eigenvalue weighted by Gasteiger charge is 2.16. The molecular weight excluding hydrogens is 240 g/mol. The number of aliphatic hydroxyl groups excluding tert-OH is 1. The number of hydrogen-bond donors (Lipinski definition) is 1. The Morgan fingerprint density at radius 2 is 2.16 bits per heavy atom. The SMILES string of the molecule is CCCn1cncc1C(O)Cc1cc(CC)nn1C. The highest BCUT2D eigenvalue weighted by molar-refractivity contribution is 5.14. The first-order valence-corrected chi connectivity index (χ1v) is 6.85. The first-order chi connectivity index (χ1) is 9.15. The third-order valence-electron chi connectivity index (χ3n) is 3.34. The Morgan fingerprint density at radius 3 is 2.79 bits per heavy atom. The van der Waals surface area contributed by atoms with Crippen LogP contribution >= 0.6 is 0 Å². The molecule has 0 saturated heterocycles. The molecule has 0 radical (unpaired) electrons. The van der Waals surface area contributed by atoms with Gasteiger partial charge >= 0.3 is 0 Å². The molecule has 19 heavy (non-hydrogen) atoms. The van der Waals surface area contributed by atoms with Crippen LogP contribution < -0.4 is 0 Å². The van der Waals surface area contributed by atoms with Gasteiger partial charge < -0.3 is 9.67 Å². The number of aryl methyl sites for hydroxylation is 3. The lowest BCUT2D eigenvalue weighted by molar-refractivity contribution is 0.166. The Balaban J connectivity index is 2.13. The summed E-state index contributed by atoms with van der Waals surface area (Å²) in [6, 6.07) is 2.06. The van der Waals surface area contributed by atoms with Crippen LogP contribution in [0.5, 0.6) is 0 Å². The summed E-state index contributed by atoms with van der Waals surface area (Å²) in [6.45, 7) is 5.08. The summed E-state index contributed by atoms with van der Waals surface area (Å²) < 4.78 is 3.87. The maximum absolute atomic E-state index is 10.4. The van der Waals surface area contributed by atoms with E-state index in [1.807, 2.05) is 16.3 Å². The Morgan fingerprint density at radius 1 is 1.37 bits per heavy atom. The lowest BCUT2D eigenvalue weighted by Gasteiger charge is -2.13. The summed E-state index contributed by atoms with van der Waals surface area (Å²) in [6.07, 6.45) is 5.51. The average molecular weight is 262 g/mol. The van der Waals surface area contributed by atoms with Gasteiger partial charge in [0.25, 0.3) is 0 Å². The maximum Gasteiger partial charge on any atom is 0.101 e. The number of nitrogens with zero attached hydrogens (tertiary/aromatic N) is 4. The standard InChI is InChI=1S/C14H22N4O/c1-4-6-18-10-15-9-13(18)14(19)8-12-7-11(5-2)16-17(12)3/h7,9-10,14,19H,4-6,8H2,1-3H3. The van der Waals surface area contributed by atoms with Gasteiger partial charge in [-0.05, 0) is 18.9 Å². The molecule has 0 saturated carbocycles. The summed E-state index contributed by atoms with van der Waals surface area (Å²) >= 11 is 0. The van der Waals surface area contributed by atoms with Crippen LogP contribution in [-0.2, 0) is 26.4 Å². The van der Waals surface area contributed by atoms with Crippen molar-refractivity contribution in [3.63, 3.8) is 0 Å². The fourth-order valence-corrected chi connectivity index (χ4v) is 2.27. The minimum absolute atomic E-state index is 0.533. The number of imidazole rings is 1. The van der Waals surface area contributed by atoms with Gasteiger partial charge in [-0.3, -0.25) is 4.68 Å². The fraction of sp³-hybridized carbons (Fsp3) is 0.571. The van der Waals surface area contributed by atoms with E-state index in [-0.39, 0.29) is 0 Å².